The Morgan fingerprint density at radius 3 is 2.61 bits per heavy atom. The van der Waals surface area contributed by atoms with Gasteiger partial charge in [0, 0.05) is 23.1 Å². The molecule has 116 valence electrons. The molecule has 0 bridgehead atoms. The number of carbonyl (C=O) groups is 1. The zero-order chi connectivity index (χ0) is 16.4. The van der Waals surface area contributed by atoms with Crippen molar-refractivity contribution in [3.63, 3.8) is 0 Å². The van der Waals surface area contributed by atoms with E-state index in [1.807, 2.05) is 19.1 Å². The van der Waals surface area contributed by atoms with Gasteiger partial charge in [-0.25, -0.2) is 0 Å². The third kappa shape index (κ3) is 2.78. The lowest BCUT2D eigenvalue weighted by Crippen LogP contribution is -1.99. The van der Waals surface area contributed by atoms with Gasteiger partial charge in [0.15, 0.2) is 17.1 Å². The molecule has 3 rings (SSSR count). The highest BCUT2D eigenvalue weighted by atomic mass is 16.6. The summed E-state index contributed by atoms with van der Waals surface area (Å²) in [7, 11) is 0. The van der Waals surface area contributed by atoms with Crippen molar-refractivity contribution in [3.05, 3.63) is 70.0 Å². The molecule has 0 spiro atoms. The van der Waals surface area contributed by atoms with Gasteiger partial charge in [-0.2, -0.15) is 0 Å². The van der Waals surface area contributed by atoms with Crippen LogP contribution >= 0.6 is 0 Å². The summed E-state index contributed by atoms with van der Waals surface area (Å²) in [6.07, 6.45) is 0. The van der Waals surface area contributed by atoms with Crippen molar-refractivity contribution in [2.45, 2.75) is 6.92 Å². The number of nitrogens with zero attached hydrogens (tertiary/aromatic N) is 1. The quantitative estimate of drug-likeness (QED) is 0.404. The summed E-state index contributed by atoms with van der Waals surface area (Å²) in [5.74, 6) is 0.410. The molecule has 0 aliphatic rings. The number of para-hydroxylation sites is 1. The molecule has 0 unspecified atom stereocenters. The minimum absolute atomic E-state index is 0.0650. The number of ether oxygens (including phenoxy) is 1. The van der Waals surface area contributed by atoms with E-state index in [0.717, 1.165) is 5.39 Å². The molecule has 0 amide bonds. The average molecular weight is 311 g/mol. The highest BCUT2D eigenvalue weighted by Crippen LogP contribution is 2.30. The first kappa shape index (κ1) is 14.8. The van der Waals surface area contributed by atoms with E-state index in [2.05, 4.69) is 0 Å². The topological polar surface area (TPSA) is 82.6 Å². The number of hydrogen-bond acceptors (Lipinski definition) is 5. The maximum atomic E-state index is 12.5. The molecule has 0 N–H and O–H groups in total. The van der Waals surface area contributed by atoms with Gasteiger partial charge in [-0.05, 0) is 31.2 Å². The first-order chi connectivity index (χ1) is 11.1. The Bertz CT molecular complexity index is 880. The number of furan rings is 1. The highest BCUT2D eigenvalue weighted by Gasteiger charge is 2.17. The largest absolute Gasteiger partial charge is 0.490 e. The molecular weight excluding hydrogens is 298 g/mol. The number of ketones is 1. The maximum absolute atomic E-state index is 12.5. The SMILES string of the molecule is CCOc1cccc2cc(C(=O)c3ccc([N+](=O)[O-])cc3)oc12. The third-order valence-corrected chi connectivity index (χ3v) is 3.37. The van der Waals surface area contributed by atoms with Gasteiger partial charge in [0.05, 0.1) is 11.5 Å². The second kappa shape index (κ2) is 5.92. The Hall–Kier alpha value is -3.15. The van der Waals surface area contributed by atoms with Crippen LogP contribution in [0, 0.1) is 10.1 Å². The van der Waals surface area contributed by atoms with Crippen LogP contribution in [-0.2, 0) is 0 Å². The Labute approximate surface area is 131 Å². The molecule has 0 radical (unpaired) electrons. The predicted molar refractivity (Wildman–Crippen MR) is 83.9 cm³/mol. The monoisotopic (exact) mass is 311 g/mol. The van der Waals surface area contributed by atoms with E-state index in [1.165, 1.54) is 24.3 Å². The molecule has 0 aliphatic heterocycles. The van der Waals surface area contributed by atoms with Crippen molar-refractivity contribution in [2.24, 2.45) is 0 Å². The summed E-state index contributed by atoms with van der Waals surface area (Å²) in [4.78, 5) is 22.6. The molecule has 1 aromatic heterocycles. The Morgan fingerprint density at radius 2 is 1.96 bits per heavy atom. The van der Waals surface area contributed by atoms with Crippen molar-refractivity contribution < 1.29 is 18.9 Å². The molecule has 23 heavy (non-hydrogen) atoms. The van der Waals surface area contributed by atoms with Gasteiger partial charge < -0.3 is 9.15 Å². The molecular formula is C17H13NO5. The van der Waals surface area contributed by atoms with E-state index in [9.17, 15) is 14.9 Å². The average Bonchev–Trinajstić information content (AvgIpc) is 3.00. The number of benzene rings is 2. The minimum Gasteiger partial charge on any atom is -0.490 e. The van der Waals surface area contributed by atoms with Crippen LogP contribution in [0.4, 0.5) is 5.69 Å². The van der Waals surface area contributed by atoms with E-state index in [4.69, 9.17) is 9.15 Å². The number of carbonyl (C=O) groups excluding carboxylic acids is 1. The van der Waals surface area contributed by atoms with Crippen molar-refractivity contribution >= 4 is 22.4 Å². The summed E-state index contributed by atoms with van der Waals surface area (Å²) in [6, 6.07) is 12.5. The molecule has 3 aromatic rings. The number of nitro benzene ring substituents is 1. The second-order valence-corrected chi connectivity index (χ2v) is 4.85. The predicted octanol–water partition coefficient (Wildman–Crippen LogP) is 3.97. The summed E-state index contributed by atoms with van der Waals surface area (Å²) in [5, 5.41) is 11.4. The smallest absolute Gasteiger partial charge is 0.269 e. The first-order valence-electron chi connectivity index (χ1n) is 7.04. The minimum atomic E-state index is -0.510. The molecule has 6 heteroatoms. The first-order valence-corrected chi connectivity index (χ1v) is 7.04. The van der Waals surface area contributed by atoms with E-state index in [1.54, 1.807) is 12.1 Å². The molecule has 2 aromatic carbocycles. The van der Waals surface area contributed by atoms with Crippen LogP contribution in [0.5, 0.6) is 5.75 Å². The lowest BCUT2D eigenvalue weighted by Gasteiger charge is -2.02. The molecule has 0 atom stereocenters. The highest BCUT2D eigenvalue weighted by molar-refractivity contribution is 6.09. The number of non-ortho nitro benzene ring substituents is 1. The van der Waals surface area contributed by atoms with Gasteiger partial charge in [-0.3, -0.25) is 14.9 Å². The van der Waals surface area contributed by atoms with Crippen molar-refractivity contribution in [1.29, 1.82) is 0 Å². The Morgan fingerprint density at radius 1 is 1.22 bits per heavy atom. The third-order valence-electron chi connectivity index (χ3n) is 3.37. The second-order valence-electron chi connectivity index (χ2n) is 4.85. The van der Waals surface area contributed by atoms with E-state index in [0.29, 0.717) is 23.5 Å². The van der Waals surface area contributed by atoms with Crippen LogP contribution in [0.1, 0.15) is 23.0 Å². The normalized spacial score (nSPS) is 10.7. The number of fused-ring (bicyclic) bond motifs is 1. The molecule has 0 saturated heterocycles. The number of hydrogen-bond donors (Lipinski definition) is 0. The van der Waals surface area contributed by atoms with Gasteiger partial charge in [0.1, 0.15) is 0 Å². The van der Waals surface area contributed by atoms with E-state index >= 15 is 0 Å². The fraction of sp³-hybridized carbons (Fsp3) is 0.118. The lowest BCUT2D eigenvalue weighted by molar-refractivity contribution is -0.384. The zero-order valence-corrected chi connectivity index (χ0v) is 12.3. The maximum Gasteiger partial charge on any atom is 0.269 e. The van der Waals surface area contributed by atoms with Crippen LogP contribution in [-0.4, -0.2) is 17.3 Å². The van der Waals surface area contributed by atoms with Gasteiger partial charge >= 0.3 is 0 Å². The number of nitro groups is 1. The van der Waals surface area contributed by atoms with Crippen LogP contribution in [0.2, 0.25) is 0 Å². The standard InChI is InChI=1S/C17H13NO5/c1-2-22-14-5-3-4-12-10-15(23-17(12)14)16(19)11-6-8-13(9-7-11)18(20)21/h3-10H,2H2,1H3. The summed E-state index contributed by atoms with van der Waals surface area (Å²) >= 11 is 0. The Kier molecular flexibility index (Phi) is 3.80. The van der Waals surface area contributed by atoms with E-state index in [-0.39, 0.29) is 17.2 Å². The van der Waals surface area contributed by atoms with Gasteiger partial charge in [-0.15, -0.1) is 0 Å². The van der Waals surface area contributed by atoms with Crippen LogP contribution in [0.3, 0.4) is 0 Å². The molecule has 0 saturated carbocycles. The van der Waals surface area contributed by atoms with Crippen LogP contribution < -0.4 is 4.74 Å². The van der Waals surface area contributed by atoms with Gasteiger partial charge in [0.25, 0.3) is 5.69 Å². The lowest BCUT2D eigenvalue weighted by atomic mass is 10.1. The molecule has 1 heterocycles. The number of rotatable bonds is 5. The van der Waals surface area contributed by atoms with E-state index < -0.39 is 4.92 Å². The summed E-state index contributed by atoms with van der Waals surface area (Å²) in [6.45, 7) is 2.36. The van der Waals surface area contributed by atoms with Gasteiger partial charge in [-0.1, -0.05) is 12.1 Å². The van der Waals surface area contributed by atoms with Gasteiger partial charge in [0.2, 0.25) is 5.78 Å². The van der Waals surface area contributed by atoms with Crippen LogP contribution in [0.25, 0.3) is 11.0 Å². The zero-order valence-electron chi connectivity index (χ0n) is 12.3. The molecule has 6 nitrogen and oxygen atoms in total. The summed E-state index contributed by atoms with van der Waals surface area (Å²) in [5.41, 5.74) is 0.775. The van der Waals surface area contributed by atoms with Crippen molar-refractivity contribution in [2.75, 3.05) is 6.61 Å². The summed E-state index contributed by atoms with van der Waals surface area (Å²) < 4.78 is 11.1. The van der Waals surface area contributed by atoms with Crippen LogP contribution in [0.15, 0.2) is 52.9 Å². The Balaban J connectivity index is 1.97. The molecule has 0 fully saturated rings. The fourth-order valence-electron chi connectivity index (χ4n) is 2.29. The van der Waals surface area contributed by atoms with Crippen molar-refractivity contribution in [3.8, 4) is 5.75 Å². The molecule has 0 aliphatic carbocycles. The fourth-order valence-corrected chi connectivity index (χ4v) is 2.29. The van der Waals surface area contributed by atoms with Crippen molar-refractivity contribution in [1.82, 2.24) is 0 Å².